The predicted molar refractivity (Wildman–Crippen MR) is 94.9 cm³/mol. The number of ether oxygens (including phenoxy) is 1. The monoisotopic (exact) mass is 399 g/mol. The van der Waals surface area contributed by atoms with Gasteiger partial charge in [0.2, 0.25) is 0 Å². The van der Waals surface area contributed by atoms with E-state index < -0.39 is 11.7 Å². The molecule has 1 saturated heterocycles. The largest absolute Gasteiger partial charge is 0.484 e. The molecule has 1 aliphatic rings. The van der Waals surface area contributed by atoms with Crippen LogP contribution in [0.2, 0.25) is 5.02 Å². The standard InChI is InChI=1S/C18H17ClF3N3O2/c19-13-2-4-15(5-3-13)27-11-17(26)24-14-7-8-25(10-14)16-6-1-12(9-23-16)18(20,21)22/h1-6,9,14H,7-8,10-11H2,(H,24,26). The third kappa shape index (κ3) is 5.26. The number of anilines is 1. The fraction of sp³-hybridized carbons (Fsp3) is 0.333. The van der Waals surface area contributed by atoms with Crippen molar-refractivity contribution in [3.05, 3.63) is 53.2 Å². The Labute approximate surface area is 159 Å². The van der Waals surface area contributed by atoms with E-state index >= 15 is 0 Å². The summed E-state index contributed by atoms with van der Waals surface area (Å²) in [7, 11) is 0. The molecule has 0 saturated carbocycles. The molecule has 1 aromatic carbocycles. The van der Waals surface area contributed by atoms with Crippen LogP contribution in [0.1, 0.15) is 12.0 Å². The molecule has 1 aliphatic heterocycles. The number of nitrogens with one attached hydrogen (secondary N) is 1. The minimum absolute atomic E-state index is 0.115. The van der Waals surface area contributed by atoms with Gasteiger partial charge in [0, 0.05) is 30.4 Å². The van der Waals surface area contributed by atoms with E-state index in [1.807, 2.05) is 4.90 Å². The van der Waals surface area contributed by atoms with Crippen LogP contribution in [0.15, 0.2) is 42.6 Å². The Balaban J connectivity index is 1.47. The number of amides is 1. The van der Waals surface area contributed by atoms with E-state index in [0.29, 0.717) is 36.1 Å². The van der Waals surface area contributed by atoms with Crippen molar-refractivity contribution in [3.63, 3.8) is 0 Å². The van der Waals surface area contributed by atoms with E-state index in [9.17, 15) is 18.0 Å². The number of carbonyl (C=O) groups excluding carboxylic acids is 1. The molecular weight excluding hydrogens is 383 g/mol. The number of nitrogens with zero attached hydrogens (tertiary/aromatic N) is 2. The molecule has 0 radical (unpaired) electrons. The molecular formula is C18H17ClF3N3O2. The minimum atomic E-state index is -4.41. The van der Waals surface area contributed by atoms with Gasteiger partial charge in [-0.15, -0.1) is 0 Å². The first-order valence-electron chi connectivity index (χ1n) is 8.27. The van der Waals surface area contributed by atoms with Crippen molar-refractivity contribution < 1.29 is 22.7 Å². The lowest BCUT2D eigenvalue weighted by molar-refractivity contribution is -0.137. The summed E-state index contributed by atoms with van der Waals surface area (Å²) in [5.74, 6) is 0.728. The zero-order valence-corrected chi connectivity index (χ0v) is 14.9. The smallest absolute Gasteiger partial charge is 0.417 e. The number of benzene rings is 1. The molecule has 1 N–H and O–H groups in total. The molecule has 1 fully saturated rings. The second-order valence-electron chi connectivity index (χ2n) is 6.14. The van der Waals surface area contributed by atoms with Crippen LogP contribution in [-0.2, 0) is 11.0 Å². The van der Waals surface area contributed by atoms with E-state index in [1.54, 1.807) is 24.3 Å². The van der Waals surface area contributed by atoms with Crippen molar-refractivity contribution in [1.82, 2.24) is 10.3 Å². The van der Waals surface area contributed by atoms with E-state index in [0.717, 1.165) is 12.3 Å². The second kappa shape index (κ2) is 8.04. The van der Waals surface area contributed by atoms with Crippen molar-refractivity contribution in [2.24, 2.45) is 0 Å². The van der Waals surface area contributed by atoms with Crippen molar-refractivity contribution in [2.75, 3.05) is 24.6 Å². The Morgan fingerprint density at radius 1 is 1.26 bits per heavy atom. The Morgan fingerprint density at radius 2 is 2.00 bits per heavy atom. The van der Waals surface area contributed by atoms with Gasteiger partial charge in [-0.3, -0.25) is 4.79 Å². The van der Waals surface area contributed by atoms with Gasteiger partial charge in [-0.25, -0.2) is 4.98 Å². The number of hydrogen-bond acceptors (Lipinski definition) is 4. The van der Waals surface area contributed by atoms with E-state index in [4.69, 9.17) is 16.3 Å². The Hall–Kier alpha value is -2.48. The average Bonchev–Trinajstić information content (AvgIpc) is 3.09. The average molecular weight is 400 g/mol. The van der Waals surface area contributed by atoms with Crippen molar-refractivity contribution in [1.29, 1.82) is 0 Å². The number of hydrogen-bond donors (Lipinski definition) is 1. The van der Waals surface area contributed by atoms with Crippen molar-refractivity contribution in [2.45, 2.75) is 18.6 Å². The maximum atomic E-state index is 12.6. The first-order chi connectivity index (χ1) is 12.8. The second-order valence-corrected chi connectivity index (χ2v) is 6.58. The van der Waals surface area contributed by atoms with Crippen LogP contribution < -0.4 is 15.0 Å². The molecule has 3 rings (SSSR count). The van der Waals surface area contributed by atoms with E-state index in [2.05, 4.69) is 10.3 Å². The highest BCUT2D eigenvalue weighted by molar-refractivity contribution is 6.30. The van der Waals surface area contributed by atoms with Gasteiger partial charge < -0.3 is 15.0 Å². The first kappa shape index (κ1) is 19.3. The SMILES string of the molecule is O=C(COc1ccc(Cl)cc1)NC1CCN(c2ccc(C(F)(F)F)cn2)C1. The van der Waals surface area contributed by atoms with E-state index in [1.165, 1.54) is 6.07 Å². The highest BCUT2D eigenvalue weighted by Crippen LogP contribution is 2.29. The number of aromatic nitrogens is 1. The third-order valence-electron chi connectivity index (χ3n) is 4.14. The lowest BCUT2D eigenvalue weighted by atomic mass is 10.2. The Kier molecular flexibility index (Phi) is 5.74. The summed E-state index contributed by atoms with van der Waals surface area (Å²) < 4.78 is 43.2. The number of rotatable bonds is 5. The molecule has 9 heteroatoms. The van der Waals surface area contributed by atoms with Crippen molar-refractivity contribution in [3.8, 4) is 5.75 Å². The molecule has 2 heterocycles. The summed E-state index contributed by atoms with van der Waals surface area (Å²) in [6.07, 6.45) is -2.91. The quantitative estimate of drug-likeness (QED) is 0.835. The fourth-order valence-corrected chi connectivity index (χ4v) is 2.90. The normalized spacial score (nSPS) is 17.0. The van der Waals surface area contributed by atoms with Gasteiger partial charge in [-0.1, -0.05) is 11.6 Å². The summed E-state index contributed by atoms with van der Waals surface area (Å²) in [6.45, 7) is 0.947. The minimum Gasteiger partial charge on any atom is -0.484 e. The topological polar surface area (TPSA) is 54.5 Å². The van der Waals surface area contributed by atoms with Gasteiger partial charge in [0.05, 0.1) is 5.56 Å². The molecule has 1 aromatic heterocycles. The van der Waals surface area contributed by atoms with Gasteiger partial charge in [-0.2, -0.15) is 13.2 Å². The molecule has 1 atom stereocenters. The molecule has 0 bridgehead atoms. The van der Waals surface area contributed by atoms with Crippen LogP contribution >= 0.6 is 11.6 Å². The lowest BCUT2D eigenvalue weighted by Crippen LogP contribution is -2.39. The molecule has 0 spiro atoms. The Morgan fingerprint density at radius 3 is 2.63 bits per heavy atom. The number of alkyl halides is 3. The summed E-state index contributed by atoms with van der Waals surface area (Å²) in [6, 6.07) is 8.91. The lowest BCUT2D eigenvalue weighted by Gasteiger charge is -2.18. The predicted octanol–water partition coefficient (Wildman–Crippen LogP) is 3.53. The molecule has 5 nitrogen and oxygen atoms in total. The molecule has 27 heavy (non-hydrogen) atoms. The van der Waals surface area contributed by atoms with Crippen LogP contribution in [-0.4, -0.2) is 36.6 Å². The molecule has 144 valence electrons. The van der Waals surface area contributed by atoms with Gasteiger partial charge in [-0.05, 0) is 42.8 Å². The molecule has 1 amide bonds. The molecule has 1 unspecified atom stereocenters. The van der Waals surface area contributed by atoms with Gasteiger partial charge in [0.15, 0.2) is 6.61 Å². The summed E-state index contributed by atoms with van der Waals surface area (Å²) in [5, 5.41) is 3.43. The fourth-order valence-electron chi connectivity index (χ4n) is 2.78. The van der Waals surface area contributed by atoms with Gasteiger partial charge >= 0.3 is 6.18 Å². The zero-order chi connectivity index (χ0) is 19.4. The van der Waals surface area contributed by atoms with Gasteiger partial charge in [0.25, 0.3) is 5.91 Å². The summed E-state index contributed by atoms with van der Waals surface area (Å²) in [5.41, 5.74) is -0.783. The van der Waals surface area contributed by atoms with Crippen LogP contribution in [0.5, 0.6) is 5.75 Å². The maximum absolute atomic E-state index is 12.6. The number of pyridine rings is 1. The molecule has 0 aliphatic carbocycles. The zero-order valence-electron chi connectivity index (χ0n) is 14.2. The third-order valence-corrected chi connectivity index (χ3v) is 4.39. The van der Waals surface area contributed by atoms with Crippen LogP contribution in [0.4, 0.5) is 19.0 Å². The van der Waals surface area contributed by atoms with Gasteiger partial charge in [0.1, 0.15) is 11.6 Å². The van der Waals surface area contributed by atoms with Crippen LogP contribution in [0, 0.1) is 0 Å². The first-order valence-corrected chi connectivity index (χ1v) is 8.65. The van der Waals surface area contributed by atoms with E-state index in [-0.39, 0.29) is 18.6 Å². The van der Waals surface area contributed by atoms with Crippen molar-refractivity contribution >= 4 is 23.3 Å². The Bertz CT molecular complexity index is 782. The number of halogens is 4. The highest BCUT2D eigenvalue weighted by atomic mass is 35.5. The highest BCUT2D eigenvalue weighted by Gasteiger charge is 2.31. The molecule has 2 aromatic rings. The summed E-state index contributed by atoms with van der Waals surface area (Å²) >= 11 is 5.78. The van der Waals surface area contributed by atoms with Crippen LogP contribution in [0.25, 0.3) is 0 Å². The maximum Gasteiger partial charge on any atom is 0.417 e. The summed E-state index contributed by atoms with van der Waals surface area (Å²) in [4.78, 5) is 17.7. The number of carbonyl (C=O) groups is 1. The van der Waals surface area contributed by atoms with Crippen LogP contribution in [0.3, 0.4) is 0 Å².